The van der Waals surface area contributed by atoms with Crippen LogP contribution in [0.2, 0.25) is 0 Å². The minimum Gasteiger partial charge on any atom is -0.351 e. The second kappa shape index (κ2) is 9.29. The summed E-state index contributed by atoms with van der Waals surface area (Å²) in [6, 6.07) is 15.1. The van der Waals surface area contributed by atoms with E-state index in [9.17, 15) is 18.0 Å². The van der Waals surface area contributed by atoms with Crippen LogP contribution in [0.1, 0.15) is 22.8 Å². The van der Waals surface area contributed by atoms with Gasteiger partial charge in [-0.15, -0.1) is 0 Å². The lowest BCUT2D eigenvalue weighted by molar-refractivity contribution is -0.119. The molecule has 2 aromatic carbocycles. The molecule has 0 atom stereocenters. The fourth-order valence-electron chi connectivity index (χ4n) is 2.33. The molecule has 0 spiro atoms. The smallest absolute Gasteiger partial charge is 0.251 e. The number of benzene rings is 2. The molecule has 0 aromatic heterocycles. The summed E-state index contributed by atoms with van der Waals surface area (Å²) >= 11 is 0. The Morgan fingerprint density at radius 1 is 0.963 bits per heavy atom. The van der Waals surface area contributed by atoms with Crippen LogP contribution < -0.4 is 10.6 Å². The molecule has 0 saturated heterocycles. The highest BCUT2D eigenvalue weighted by Crippen LogP contribution is 2.15. The minimum atomic E-state index is -3.81. The Morgan fingerprint density at radius 2 is 1.59 bits per heavy atom. The Labute approximate surface area is 159 Å². The molecular formula is C19H23N3O4S. The first-order valence-corrected chi connectivity index (χ1v) is 9.89. The first kappa shape index (κ1) is 20.6. The summed E-state index contributed by atoms with van der Waals surface area (Å²) < 4.78 is 26.9. The molecule has 0 fully saturated rings. The molecule has 0 radical (unpaired) electrons. The molecule has 2 amide bonds. The van der Waals surface area contributed by atoms with E-state index in [0.717, 1.165) is 9.87 Å². The lowest BCUT2D eigenvalue weighted by atomic mass is 10.2. The molecule has 144 valence electrons. The average Bonchev–Trinajstić information content (AvgIpc) is 2.65. The van der Waals surface area contributed by atoms with Crippen LogP contribution in [0.25, 0.3) is 0 Å². The van der Waals surface area contributed by atoms with E-state index < -0.39 is 10.0 Å². The van der Waals surface area contributed by atoms with E-state index in [-0.39, 0.29) is 36.5 Å². The van der Waals surface area contributed by atoms with Crippen LogP contribution in [-0.4, -0.2) is 44.3 Å². The highest BCUT2D eigenvalue weighted by Gasteiger charge is 2.24. The van der Waals surface area contributed by atoms with Gasteiger partial charge in [-0.1, -0.05) is 35.9 Å². The van der Waals surface area contributed by atoms with Crippen LogP contribution in [0.4, 0.5) is 0 Å². The van der Waals surface area contributed by atoms with Gasteiger partial charge >= 0.3 is 0 Å². The Hall–Kier alpha value is -2.71. The molecule has 0 heterocycles. The van der Waals surface area contributed by atoms with Gasteiger partial charge in [-0.05, 0) is 31.2 Å². The quantitative estimate of drug-likeness (QED) is 0.669. The van der Waals surface area contributed by atoms with Gasteiger partial charge in [0.25, 0.3) is 5.91 Å². The maximum atomic E-state index is 12.9. The number of nitrogens with one attached hydrogen (secondary N) is 2. The summed E-state index contributed by atoms with van der Waals surface area (Å²) in [4.78, 5) is 23.5. The number of carbonyl (C=O) groups is 2. The number of hydrogen-bond donors (Lipinski definition) is 2. The summed E-state index contributed by atoms with van der Waals surface area (Å²) in [5.74, 6) is -0.629. The van der Waals surface area contributed by atoms with E-state index in [0.29, 0.717) is 5.56 Å². The predicted octanol–water partition coefficient (Wildman–Crippen LogP) is 1.51. The van der Waals surface area contributed by atoms with Gasteiger partial charge in [0.1, 0.15) is 0 Å². The van der Waals surface area contributed by atoms with E-state index in [1.54, 1.807) is 42.5 Å². The van der Waals surface area contributed by atoms with E-state index in [2.05, 4.69) is 10.6 Å². The number of nitrogens with zero attached hydrogens (tertiary/aromatic N) is 1. The molecular weight excluding hydrogens is 366 g/mol. The van der Waals surface area contributed by atoms with Gasteiger partial charge in [0, 0.05) is 25.6 Å². The predicted molar refractivity (Wildman–Crippen MR) is 103 cm³/mol. The molecule has 0 unspecified atom stereocenters. The zero-order chi connectivity index (χ0) is 19.9. The van der Waals surface area contributed by atoms with E-state index in [1.165, 1.54) is 19.1 Å². The third-order valence-electron chi connectivity index (χ3n) is 3.85. The average molecular weight is 389 g/mol. The van der Waals surface area contributed by atoms with Crippen molar-refractivity contribution in [1.82, 2.24) is 14.9 Å². The summed E-state index contributed by atoms with van der Waals surface area (Å²) in [7, 11) is -3.81. The third kappa shape index (κ3) is 5.90. The molecule has 0 aliphatic heterocycles. The Morgan fingerprint density at radius 3 is 2.19 bits per heavy atom. The molecule has 7 nitrogen and oxygen atoms in total. The van der Waals surface area contributed by atoms with Crippen molar-refractivity contribution in [3.63, 3.8) is 0 Å². The van der Waals surface area contributed by atoms with E-state index in [1.807, 2.05) is 6.92 Å². The second-order valence-corrected chi connectivity index (χ2v) is 7.94. The maximum Gasteiger partial charge on any atom is 0.251 e. The van der Waals surface area contributed by atoms with E-state index >= 15 is 0 Å². The third-order valence-corrected chi connectivity index (χ3v) is 5.71. The number of rotatable bonds is 8. The highest BCUT2D eigenvalue weighted by molar-refractivity contribution is 7.89. The van der Waals surface area contributed by atoms with Crippen LogP contribution in [0.5, 0.6) is 0 Å². The number of amides is 2. The molecule has 2 aromatic rings. The Balaban J connectivity index is 2.08. The van der Waals surface area contributed by atoms with E-state index in [4.69, 9.17) is 0 Å². The molecule has 0 aliphatic rings. The van der Waals surface area contributed by atoms with Crippen LogP contribution in [0, 0.1) is 6.92 Å². The van der Waals surface area contributed by atoms with Crippen molar-refractivity contribution in [3.8, 4) is 0 Å². The van der Waals surface area contributed by atoms with Gasteiger partial charge in [0.05, 0.1) is 11.6 Å². The molecule has 2 N–H and O–H groups in total. The first-order valence-electron chi connectivity index (χ1n) is 8.45. The summed E-state index contributed by atoms with van der Waals surface area (Å²) in [6.07, 6.45) is 0. The summed E-state index contributed by atoms with van der Waals surface area (Å²) in [5.41, 5.74) is 1.43. The van der Waals surface area contributed by atoms with Gasteiger partial charge in [0.2, 0.25) is 15.9 Å². The van der Waals surface area contributed by atoms with Gasteiger partial charge in [-0.25, -0.2) is 8.42 Å². The zero-order valence-corrected chi connectivity index (χ0v) is 16.1. The van der Waals surface area contributed by atoms with Crippen LogP contribution >= 0.6 is 0 Å². The second-order valence-electron chi connectivity index (χ2n) is 6.01. The summed E-state index contributed by atoms with van der Waals surface area (Å²) in [5, 5.41) is 5.19. The van der Waals surface area contributed by atoms with Crippen LogP contribution in [0.3, 0.4) is 0 Å². The maximum absolute atomic E-state index is 12.9. The number of hydrogen-bond acceptors (Lipinski definition) is 4. The Bertz CT molecular complexity index is 881. The standard InChI is InChI=1S/C19H23N3O4S/c1-15-8-10-18(11-9-15)27(25,26)22(14-21-16(2)23)13-12-20-19(24)17-6-4-3-5-7-17/h3-11H,12-14H2,1-2H3,(H,20,24)(H,21,23). The van der Waals surface area contributed by atoms with Gasteiger partial charge in [0.15, 0.2) is 0 Å². The topological polar surface area (TPSA) is 95.6 Å². The minimum absolute atomic E-state index is 0.0229. The van der Waals surface area contributed by atoms with Crippen molar-refractivity contribution in [3.05, 3.63) is 65.7 Å². The monoisotopic (exact) mass is 389 g/mol. The van der Waals surface area contributed by atoms with Gasteiger partial charge in [-0.3, -0.25) is 9.59 Å². The van der Waals surface area contributed by atoms with Crippen molar-refractivity contribution in [2.45, 2.75) is 18.7 Å². The van der Waals surface area contributed by atoms with Crippen molar-refractivity contribution in [2.75, 3.05) is 19.8 Å². The molecule has 0 aliphatic carbocycles. The van der Waals surface area contributed by atoms with Crippen molar-refractivity contribution < 1.29 is 18.0 Å². The van der Waals surface area contributed by atoms with Gasteiger partial charge < -0.3 is 10.6 Å². The largest absolute Gasteiger partial charge is 0.351 e. The normalized spacial score (nSPS) is 11.2. The van der Waals surface area contributed by atoms with Gasteiger partial charge in [-0.2, -0.15) is 4.31 Å². The molecule has 2 rings (SSSR count). The summed E-state index contributed by atoms with van der Waals surface area (Å²) in [6.45, 7) is 3.14. The van der Waals surface area contributed by atoms with Crippen molar-refractivity contribution >= 4 is 21.8 Å². The fourth-order valence-corrected chi connectivity index (χ4v) is 3.67. The SMILES string of the molecule is CC(=O)NCN(CCNC(=O)c1ccccc1)S(=O)(=O)c1ccc(C)cc1. The fraction of sp³-hybridized carbons (Fsp3) is 0.263. The lowest BCUT2D eigenvalue weighted by Crippen LogP contribution is -2.44. The number of aryl methyl sites for hydroxylation is 1. The lowest BCUT2D eigenvalue weighted by Gasteiger charge is -2.22. The molecule has 8 heteroatoms. The van der Waals surface area contributed by atoms with Crippen LogP contribution in [0.15, 0.2) is 59.5 Å². The molecule has 27 heavy (non-hydrogen) atoms. The Kier molecular flexibility index (Phi) is 7.09. The van der Waals surface area contributed by atoms with Crippen molar-refractivity contribution in [1.29, 1.82) is 0 Å². The highest BCUT2D eigenvalue weighted by atomic mass is 32.2. The molecule has 0 bridgehead atoms. The molecule has 0 saturated carbocycles. The van der Waals surface area contributed by atoms with Crippen LogP contribution in [-0.2, 0) is 14.8 Å². The number of carbonyl (C=O) groups excluding carboxylic acids is 2. The van der Waals surface area contributed by atoms with Crippen molar-refractivity contribution in [2.24, 2.45) is 0 Å². The first-order chi connectivity index (χ1) is 12.8. The number of sulfonamides is 1. The zero-order valence-electron chi connectivity index (χ0n) is 15.3.